The maximum atomic E-state index is 8.69. The van der Waals surface area contributed by atoms with Gasteiger partial charge in [0.15, 0.2) is 0 Å². The van der Waals surface area contributed by atoms with E-state index < -0.39 is 0 Å². The molecule has 0 amide bonds. The lowest BCUT2D eigenvalue weighted by molar-refractivity contribution is 0.282. The highest BCUT2D eigenvalue weighted by Crippen LogP contribution is 2.10. The van der Waals surface area contributed by atoms with Crippen molar-refractivity contribution in [3.8, 4) is 0 Å². The van der Waals surface area contributed by atoms with Crippen LogP contribution < -0.4 is 5.32 Å². The van der Waals surface area contributed by atoms with Gasteiger partial charge in [0.1, 0.15) is 0 Å². The second-order valence-electron chi connectivity index (χ2n) is 3.60. The van der Waals surface area contributed by atoms with Crippen LogP contribution in [0.4, 0.5) is 5.69 Å². The van der Waals surface area contributed by atoms with Gasteiger partial charge in [-0.15, -0.1) is 0 Å². The van der Waals surface area contributed by atoms with E-state index in [1.807, 2.05) is 19.1 Å². The third-order valence-electron chi connectivity index (χ3n) is 2.10. The lowest BCUT2D eigenvalue weighted by Gasteiger charge is -2.14. The summed E-state index contributed by atoms with van der Waals surface area (Å²) in [6.07, 6.45) is 3.63. The lowest BCUT2D eigenvalue weighted by Crippen LogP contribution is -2.15. The zero-order valence-corrected chi connectivity index (χ0v) is 8.83. The first-order chi connectivity index (χ1) is 6.72. The van der Waals surface area contributed by atoms with Crippen LogP contribution in [-0.2, 0) is 0 Å². The molecule has 0 spiro atoms. The molecule has 0 aliphatic carbocycles. The van der Waals surface area contributed by atoms with Crippen LogP contribution in [-0.4, -0.2) is 22.7 Å². The minimum atomic E-state index is 0.265. The molecule has 3 heteroatoms. The Labute approximate surface area is 85.2 Å². The second kappa shape index (κ2) is 5.60. The number of nitrogens with zero attached hydrogens (tertiary/aromatic N) is 1. The standard InChI is InChI=1S/C11H18N2O/c1-9(4-3-7-14)13-11-5-6-12-10(2)8-11/h5-6,8-9,14H,3-4,7H2,1-2H3,(H,12,13). The summed E-state index contributed by atoms with van der Waals surface area (Å²) in [5.41, 5.74) is 2.12. The van der Waals surface area contributed by atoms with Crippen LogP contribution in [0, 0.1) is 6.92 Å². The molecule has 0 radical (unpaired) electrons. The molecule has 14 heavy (non-hydrogen) atoms. The van der Waals surface area contributed by atoms with Crippen molar-refractivity contribution >= 4 is 5.69 Å². The van der Waals surface area contributed by atoms with Crippen molar-refractivity contribution in [3.63, 3.8) is 0 Å². The average molecular weight is 194 g/mol. The van der Waals surface area contributed by atoms with E-state index in [9.17, 15) is 0 Å². The number of aromatic nitrogens is 1. The number of pyridine rings is 1. The van der Waals surface area contributed by atoms with E-state index in [1.54, 1.807) is 6.20 Å². The number of hydrogen-bond donors (Lipinski definition) is 2. The predicted octanol–water partition coefficient (Wildman–Crippen LogP) is 1.96. The van der Waals surface area contributed by atoms with Crippen LogP contribution in [0.2, 0.25) is 0 Å². The number of aryl methyl sites for hydroxylation is 1. The van der Waals surface area contributed by atoms with E-state index in [-0.39, 0.29) is 6.61 Å². The zero-order chi connectivity index (χ0) is 10.4. The maximum Gasteiger partial charge on any atom is 0.0431 e. The highest BCUT2D eigenvalue weighted by atomic mass is 16.2. The van der Waals surface area contributed by atoms with Gasteiger partial charge in [-0.3, -0.25) is 4.98 Å². The van der Waals surface area contributed by atoms with E-state index in [2.05, 4.69) is 17.2 Å². The van der Waals surface area contributed by atoms with Gasteiger partial charge in [0.05, 0.1) is 0 Å². The number of aliphatic hydroxyl groups is 1. The number of hydrogen-bond acceptors (Lipinski definition) is 3. The second-order valence-corrected chi connectivity index (χ2v) is 3.60. The minimum Gasteiger partial charge on any atom is -0.396 e. The molecule has 0 aromatic carbocycles. The molecule has 1 rings (SSSR count). The summed E-state index contributed by atoms with van der Waals surface area (Å²) >= 11 is 0. The largest absolute Gasteiger partial charge is 0.396 e. The maximum absolute atomic E-state index is 8.69. The Bertz CT molecular complexity index is 276. The Hall–Kier alpha value is -1.09. The average Bonchev–Trinajstić information content (AvgIpc) is 2.15. The van der Waals surface area contributed by atoms with Crippen molar-refractivity contribution in [1.29, 1.82) is 0 Å². The Morgan fingerprint density at radius 3 is 3.00 bits per heavy atom. The van der Waals surface area contributed by atoms with Crippen molar-refractivity contribution in [2.45, 2.75) is 32.7 Å². The Morgan fingerprint density at radius 1 is 1.57 bits per heavy atom. The Morgan fingerprint density at radius 2 is 2.36 bits per heavy atom. The van der Waals surface area contributed by atoms with E-state index in [0.29, 0.717) is 6.04 Å². The minimum absolute atomic E-state index is 0.265. The Balaban J connectivity index is 2.43. The molecule has 1 unspecified atom stereocenters. The molecule has 0 bridgehead atoms. The van der Waals surface area contributed by atoms with Crippen LogP contribution in [0.3, 0.4) is 0 Å². The molecule has 0 saturated carbocycles. The zero-order valence-electron chi connectivity index (χ0n) is 8.83. The van der Waals surface area contributed by atoms with Crippen molar-refractivity contribution < 1.29 is 5.11 Å². The van der Waals surface area contributed by atoms with Crippen LogP contribution in [0.5, 0.6) is 0 Å². The number of nitrogens with one attached hydrogen (secondary N) is 1. The molecular weight excluding hydrogens is 176 g/mol. The molecule has 1 heterocycles. The summed E-state index contributed by atoms with van der Waals surface area (Å²) < 4.78 is 0. The molecule has 0 fully saturated rings. The topological polar surface area (TPSA) is 45.1 Å². The van der Waals surface area contributed by atoms with Gasteiger partial charge in [0, 0.05) is 30.2 Å². The first kappa shape index (κ1) is 11.0. The quantitative estimate of drug-likeness (QED) is 0.753. The predicted molar refractivity (Wildman–Crippen MR) is 58.4 cm³/mol. The third-order valence-corrected chi connectivity index (χ3v) is 2.10. The van der Waals surface area contributed by atoms with Crippen LogP contribution in [0.15, 0.2) is 18.3 Å². The lowest BCUT2D eigenvalue weighted by atomic mass is 10.2. The van der Waals surface area contributed by atoms with Gasteiger partial charge < -0.3 is 10.4 Å². The molecule has 3 nitrogen and oxygen atoms in total. The SMILES string of the molecule is Cc1cc(NC(C)CCCO)ccn1. The molecule has 0 aliphatic heterocycles. The van der Waals surface area contributed by atoms with E-state index in [4.69, 9.17) is 5.11 Å². The molecule has 0 aliphatic rings. The van der Waals surface area contributed by atoms with Crippen molar-refractivity contribution in [2.24, 2.45) is 0 Å². The summed E-state index contributed by atoms with van der Waals surface area (Å²) in [5, 5.41) is 12.1. The summed E-state index contributed by atoms with van der Waals surface area (Å²) in [6, 6.07) is 4.38. The molecular formula is C11H18N2O. The molecule has 78 valence electrons. The van der Waals surface area contributed by atoms with Crippen molar-refractivity contribution in [3.05, 3.63) is 24.0 Å². The van der Waals surface area contributed by atoms with E-state index in [1.165, 1.54) is 0 Å². The van der Waals surface area contributed by atoms with E-state index >= 15 is 0 Å². The van der Waals surface area contributed by atoms with Crippen LogP contribution in [0.1, 0.15) is 25.5 Å². The molecule has 2 N–H and O–H groups in total. The summed E-state index contributed by atoms with van der Waals surface area (Å²) in [7, 11) is 0. The summed E-state index contributed by atoms with van der Waals surface area (Å²) in [6.45, 7) is 4.36. The highest BCUT2D eigenvalue weighted by Gasteiger charge is 2.01. The Kier molecular flexibility index (Phi) is 4.40. The van der Waals surface area contributed by atoms with Crippen LogP contribution >= 0.6 is 0 Å². The van der Waals surface area contributed by atoms with Gasteiger partial charge in [0.25, 0.3) is 0 Å². The number of rotatable bonds is 5. The fourth-order valence-electron chi connectivity index (χ4n) is 1.39. The number of aliphatic hydroxyl groups excluding tert-OH is 1. The number of anilines is 1. The van der Waals surface area contributed by atoms with Gasteiger partial charge in [-0.1, -0.05) is 0 Å². The fourth-order valence-corrected chi connectivity index (χ4v) is 1.39. The first-order valence-electron chi connectivity index (χ1n) is 5.02. The third kappa shape index (κ3) is 3.75. The van der Waals surface area contributed by atoms with Crippen molar-refractivity contribution in [2.75, 3.05) is 11.9 Å². The van der Waals surface area contributed by atoms with Gasteiger partial charge in [-0.25, -0.2) is 0 Å². The van der Waals surface area contributed by atoms with E-state index in [0.717, 1.165) is 24.2 Å². The summed E-state index contributed by atoms with van der Waals surface area (Å²) in [4.78, 5) is 4.13. The van der Waals surface area contributed by atoms with Gasteiger partial charge in [0.2, 0.25) is 0 Å². The fraction of sp³-hybridized carbons (Fsp3) is 0.545. The van der Waals surface area contributed by atoms with Gasteiger partial charge in [-0.05, 0) is 38.8 Å². The molecule has 0 saturated heterocycles. The molecule has 1 atom stereocenters. The summed E-state index contributed by atoms with van der Waals surface area (Å²) in [5.74, 6) is 0. The highest BCUT2D eigenvalue weighted by molar-refractivity contribution is 5.43. The monoisotopic (exact) mass is 194 g/mol. The normalized spacial score (nSPS) is 12.5. The molecule has 1 aromatic rings. The van der Waals surface area contributed by atoms with Gasteiger partial charge in [-0.2, -0.15) is 0 Å². The first-order valence-corrected chi connectivity index (χ1v) is 5.02. The van der Waals surface area contributed by atoms with Gasteiger partial charge >= 0.3 is 0 Å². The van der Waals surface area contributed by atoms with Crippen LogP contribution in [0.25, 0.3) is 0 Å². The smallest absolute Gasteiger partial charge is 0.0431 e. The van der Waals surface area contributed by atoms with Crippen molar-refractivity contribution in [1.82, 2.24) is 4.98 Å². The molecule has 1 aromatic heterocycles.